The van der Waals surface area contributed by atoms with Gasteiger partial charge in [-0.25, -0.2) is 0 Å². The smallest absolute Gasteiger partial charge is 0.872 e. The van der Waals surface area contributed by atoms with Gasteiger partial charge in [0.2, 0.25) is 0 Å². The maximum Gasteiger partial charge on any atom is 4.00 e. The number of benzene rings is 2. The first-order chi connectivity index (χ1) is 16.4. The van der Waals surface area contributed by atoms with Crippen molar-refractivity contribution >= 4 is 23.1 Å². The maximum atomic E-state index is 11.9. The Balaban J connectivity index is 0. The van der Waals surface area contributed by atoms with Gasteiger partial charge in [-0.3, -0.25) is 9.59 Å². The van der Waals surface area contributed by atoms with Gasteiger partial charge in [0.05, 0.1) is 0 Å². The van der Waals surface area contributed by atoms with E-state index in [1.807, 2.05) is 12.1 Å². The Morgan fingerprint density at radius 2 is 0.914 bits per heavy atom. The van der Waals surface area contributed by atoms with Gasteiger partial charge in [-0.05, 0) is 36.1 Å². The van der Waals surface area contributed by atoms with Crippen LogP contribution in [-0.2, 0) is 31.3 Å². The molecule has 0 amide bonds. The third-order valence-corrected chi connectivity index (χ3v) is 4.30. The quantitative estimate of drug-likeness (QED) is 0.195. The van der Waals surface area contributed by atoms with E-state index in [0.717, 1.165) is 25.0 Å². The van der Waals surface area contributed by atoms with E-state index in [2.05, 4.69) is 0 Å². The van der Waals surface area contributed by atoms with Crippen molar-refractivity contribution in [1.29, 1.82) is 0 Å². The van der Waals surface area contributed by atoms with E-state index in [-0.39, 0.29) is 58.0 Å². The van der Waals surface area contributed by atoms with Crippen molar-refractivity contribution in [3.63, 3.8) is 0 Å². The van der Waals surface area contributed by atoms with E-state index in [4.69, 9.17) is 10.2 Å². The summed E-state index contributed by atoms with van der Waals surface area (Å²) < 4.78 is 0. The summed E-state index contributed by atoms with van der Waals surface area (Å²) in [6, 6.07) is 17.4. The molecule has 0 radical (unpaired) electrons. The van der Waals surface area contributed by atoms with E-state index in [1.165, 1.54) is 0 Å². The zero-order valence-electron chi connectivity index (χ0n) is 20.5. The fourth-order valence-corrected chi connectivity index (χ4v) is 2.76. The number of carbonyl (C=O) groups is 2. The van der Waals surface area contributed by atoms with Crippen LogP contribution in [0, 0.1) is 0 Å². The van der Waals surface area contributed by atoms with Crippen LogP contribution in [-0.4, -0.2) is 24.8 Å². The zero-order chi connectivity index (χ0) is 25.6. The number of allylic oxidation sites excluding steroid dienone is 2. The van der Waals surface area contributed by atoms with E-state index < -0.39 is 0 Å². The molecule has 6 nitrogen and oxygen atoms in total. The van der Waals surface area contributed by atoms with E-state index in [1.54, 1.807) is 62.4 Å². The van der Waals surface area contributed by atoms with Crippen LogP contribution in [0.1, 0.15) is 63.5 Å². The largest absolute Gasteiger partial charge is 4.00 e. The van der Waals surface area contributed by atoms with Gasteiger partial charge in [-0.15, -0.1) is 13.2 Å². The van der Waals surface area contributed by atoms with Gasteiger partial charge in [0, 0.05) is 12.8 Å². The molecule has 0 bridgehead atoms. The Morgan fingerprint density at radius 1 is 0.629 bits per heavy atom. The van der Waals surface area contributed by atoms with Gasteiger partial charge in [-0.2, -0.15) is 0 Å². The summed E-state index contributed by atoms with van der Waals surface area (Å²) >= 11 is 0. The summed E-state index contributed by atoms with van der Waals surface area (Å²) in [7, 11) is 0. The van der Waals surface area contributed by atoms with Crippen molar-refractivity contribution < 1.29 is 51.7 Å². The molecule has 0 unspecified atom stereocenters. The zero-order valence-corrected chi connectivity index (χ0v) is 22.1. The van der Waals surface area contributed by atoms with Crippen molar-refractivity contribution in [3.8, 4) is 0 Å². The number of hydrogen-bond donors (Lipinski definition) is 0. The molecule has 0 fully saturated rings. The topological polar surface area (TPSA) is 126 Å². The molecular weight excluding hydrogens is 480 g/mol. The van der Waals surface area contributed by atoms with Crippen LogP contribution in [0.3, 0.4) is 0 Å². The van der Waals surface area contributed by atoms with Crippen molar-refractivity contribution in [3.05, 3.63) is 83.9 Å². The first-order valence-electron chi connectivity index (χ1n) is 11.5. The van der Waals surface area contributed by atoms with Crippen LogP contribution in [0.15, 0.2) is 72.8 Å². The Hall–Kier alpha value is -2.51. The predicted octanol–water partition coefficient (Wildman–Crippen LogP) is 2.00. The fourth-order valence-electron chi connectivity index (χ4n) is 2.76. The minimum absolute atomic E-state index is 0. The molecule has 0 aliphatic rings. The average molecular weight is 514 g/mol. The van der Waals surface area contributed by atoms with Crippen molar-refractivity contribution in [2.24, 2.45) is 0 Å². The molecule has 35 heavy (non-hydrogen) atoms. The summed E-state index contributed by atoms with van der Waals surface area (Å²) in [5.74, 6) is -0.886. The minimum atomic E-state index is -0.269. The SMILES string of the molecule is CC[O-].CC[O-].O=C(C=C([O-])c1ccccc1)CCCCCCC(=O)C=C([O-])c1ccccc1.[Ti+4]. The second-order valence-electron chi connectivity index (χ2n) is 7.17. The number of rotatable bonds is 11. The molecule has 0 aliphatic heterocycles. The first-order valence-corrected chi connectivity index (χ1v) is 11.5. The molecule has 2 aromatic carbocycles. The van der Waals surface area contributed by atoms with Crippen LogP contribution in [0.4, 0.5) is 0 Å². The number of carbonyl (C=O) groups excluding carboxylic acids is 2. The molecule has 0 N–H and O–H groups in total. The van der Waals surface area contributed by atoms with Gasteiger partial charge in [0.25, 0.3) is 0 Å². The van der Waals surface area contributed by atoms with Crippen LogP contribution in [0.5, 0.6) is 0 Å². The van der Waals surface area contributed by atoms with Gasteiger partial charge in [0.1, 0.15) is 0 Å². The second-order valence-corrected chi connectivity index (χ2v) is 7.17. The van der Waals surface area contributed by atoms with Gasteiger partial charge in [0.15, 0.2) is 11.6 Å². The third kappa shape index (κ3) is 18.5. The van der Waals surface area contributed by atoms with Gasteiger partial charge < -0.3 is 20.4 Å². The summed E-state index contributed by atoms with van der Waals surface area (Å²) in [5.41, 5.74) is 1.02. The standard InChI is InChI=1S/C24H26O4.2C2H5O.Ti/c25-21(17-23(27)19-11-5-3-6-12-19)15-9-1-2-10-16-22(26)18-24(28)20-13-7-4-8-14-20;2*1-2-3;/h3-8,11-14,17-18,27-28H,1-2,9-10,15-16H2;2*2H2,1H3;/q;2*-1;+4/p-2. The molecule has 2 aromatic rings. The summed E-state index contributed by atoms with van der Waals surface area (Å²) in [4.78, 5) is 23.7. The normalized spacial score (nSPS) is 10.6. The van der Waals surface area contributed by atoms with Crippen molar-refractivity contribution in [1.82, 2.24) is 0 Å². The van der Waals surface area contributed by atoms with Crippen molar-refractivity contribution in [2.45, 2.75) is 52.4 Å². The number of ketones is 2. The summed E-state index contributed by atoms with van der Waals surface area (Å²) in [6.07, 6.45) is 5.93. The molecule has 0 saturated heterocycles. The third-order valence-electron chi connectivity index (χ3n) is 4.30. The molecule has 0 aliphatic carbocycles. The number of unbranched alkanes of at least 4 members (excludes halogenated alkanes) is 3. The van der Waals surface area contributed by atoms with E-state index >= 15 is 0 Å². The Morgan fingerprint density at radius 3 is 1.20 bits per heavy atom. The molecule has 186 valence electrons. The minimum Gasteiger partial charge on any atom is -0.872 e. The van der Waals surface area contributed by atoms with Crippen molar-refractivity contribution in [2.75, 3.05) is 13.2 Å². The second kappa shape index (κ2) is 23.2. The maximum absolute atomic E-state index is 11.9. The summed E-state index contributed by atoms with van der Waals surface area (Å²) in [6.45, 7) is 3.14. The Bertz CT molecular complexity index is 790. The van der Waals surface area contributed by atoms with Crippen LogP contribution in [0.25, 0.3) is 11.5 Å². The molecule has 0 aromatic heterocycles. The molecule has 7 heteroatoms. The Labute approximate surface area is 223 Å². The Kier molecular flexibility index (Phi) is 23.0. The molecule has 0 saturated carbocycles. The summed E-state index contributed by atoms with van der Waals surface area (Å²) in [5, 5.41) is 41.7. The van der Waals surface area contributed by atoms with Crippen LogP contribution in [0.2, 0.25) is 0 Å². The van der Waals surface area contributed by atoms with E-state index in [9.17, 15) is 19.8 Å². The van der Waals surface area contributed by atoms with E-state index in [0.29, 0.717) is 36.8 Å². The first kappa shape index (κ1) is 34.7. The molecule has 2 rings (SSSR count). The molecule has 0 atom stereocenters. The van der Waals surface area contributed by atoms with Crippen LogP contribution >= 0.6 is 0 Å². The predicted molar refractivity (Wildman–Crippen MR) is 128 cm³/mol. The average Bonchev–Trinajstić information content (AvgIpc) is 2.83. The van der Waals surface area contributed by atoms with Gasteiger partial charge >= 0.3 is 21.7 Å². The van der Waals surface area contributed by atoms with Gasteiger partial charge in [-0.1, -0.05) is 98.9 Å². The molecule has 0 heterocycles. The van der Waals surface area contributed by atoms with Crippen LogP contribution < -0.4 is 20.4 Å². The molecular formula is C28H34O6Ti. The fraction of sp³-hybridized carbons (Fsp3) is 0.357. The monoisotopic (exact) mass is 514 g/mol. The molecule has 0 spiro atoms. The number of hydrogen-bond acceptors (Lipinski definition) is 6.